The van der Waals surface area contributed by atoms with Gasteiger partial charge in [0.25, 0.3) is 0 Å². The molecule has 1 atom stereocenters. The van der Waals surface area contributed by atoms with E-state index in [1.165, 1.54) is 77.3 Å². The Morgan fingerprint density at radius 1 is 0.667 bits per heavy atom. The van der Waals surface area contributed by atoms with Crippen LogP contribution in [0.2, 0.25) is 0 Å². The molecule has 51 heavy (non-hydrogen) atoms. The summed E-state index contributed by atoms with van der Waals surface area (Å²) in [6, 6.07) is 40.5. The van der Waals surface area contributed by atoms with Gasteiger partial charge in [-0.25, -0.2) is 0 Å². The topological polar surface area (TPSA) is 22.2 Å². The Balaban J connectivity index is 0.00000171. The second kappa shape index (κ2) is 12.3. The van der Waals surface area contributed by atoms with Crippen molar-refractivity contribution in [1.82, 2.24) is 9.13 Å². The van der Waals surface area contributed by atoms with Gasteiger partial charge in [0.2, 0.25) is 0 Å². The molecule has 5 aromatic carbocycles. The predicted octanol–water partition coefficient (Wildman–Crippen LogP) is 13.1. The quantitative estimate of drug-likeness (QED) is 0.179. The molecule has 0 radical (unpaired) electrons. The van der Waals surface area contributed by atoms with Crippen molar-refractivity contribution in [1.29, 1.82) is 0 Å². The Morgan fingerprint density at radius 3 is 2.18 bits per heavy atom. The van der Waals surface area contributed by atoms with Crippen LogP contribution in [0.1, 0.15) is 64.1 Å². The molecule has 2 aromatic heterocycles. The summed E-state index contributed by atoms with van der Waals surface area (Å²) < 4.78 is 5.00. The van der Waals surface area contributed by atoms with Crippen LogP contribution in [0.15, 0.2) is 156 Å². The van der Waals surface area contributed by atoms with Gasteiger partial charge < -0.3 is 9.13 Å². The highest BCUT2D eigenvalue weighted by Gasteiger charge is 2.38. The third-order valence-electron chi connectivity index (χ3n) is 11.1. The van der Waals surface area contributed by atoms with Crippen molar-refractivity contribution in [3.63, 3.8) is 0 Å². The maximum absolute atomic E-state index is 5.47. The summed E-state index contributed by atoms with van der Waals surface area (Å²) in [6.07, 6.45) is 16.7. The molecule has 0 fully saturated rings. The van der Waals surface area contributed by atoms with Gasteiger partial charge in [-0.05, 0) is 77.9 Å². The van der Waals surface area contributed by atoms with Crippen LogP contribution in [0.25, 0.3) is 54.9 Å². The third-order valence-corrected chi connectivity index (χ3v) is 11.1. The number of aromatic nitrogens is 2. The van der Waals surface area contributed by atoms with Crippen LogP contribution in [0.5, 0.6) is 0 Å². The lowest BCUT2D eigenvalue weighted by Crippen LogP contribution is -2.27. The molecule has 250 valence electrons. The minimum absolute atomic E-state index is 0.145. The van der Waals surface area contributed by atoms with E-state index in [4.69, 9.17) is 4.99 Å². The highest BCUT2D eigenvalue weighted by molar-refractivity contribution is 6.21. The normalized spacial score (nSPS) is 17.7. The number of para-hydroxylation sites is 2. The van der Waals surface area contributed by atoms with Gasteiger partial charge in [-0.3, -0.25) is 4.99 Å². The predicted molar refractivity (Wildman–Crippen MR) is 219 cm³/mol. The van der Waals surface area contributed by atoms with Crippen LogP contribution >= 0.6 is 0 Å². The lowest BCUT2D eigenvalue weighted by atomic mass is 9.77. The van der Waals surface area contributed by atoms with Crippen molar-refractivity contribution in [2.24, 2.45) is 4.99 Å². The molecule has 7 aromatic rings. The molecule has 0 N–H and O–H groups in total. The highest BCUT2D eigenvalue weighted by Crippen LogP contribution is 2.50. The van der Waals surface area contributed by atoms with E-state index < -0.39 is 0 Å². The van der Waals surface area contributed by atoms with Crippen LogP contribution in [0.4, 0.5) is 5.69 Å². The second-order valence-corrected chi connectivity index (χ2v) is 14.3. The van der Waals surface area contributed by atoms with Crippen LogP contribution in [-0.2, 0) is 5.41 Å². The molecule has 0 amide bonds. The summed E-state index contributed by atoms with van der Waals surface area (Å²) in [5.41, 5.74) is 13.7. The van der Waals surface area contributed by atoms with E-state index in [2.05, 4.69) is 169 Å². The van der Waals surface area contributed by atoms with Crippen LogP contribution < -0.4 is 0 Å². The smallest absolute Gasteiger partial charge is 0.0775 e. The van der Waals surface area contributed by atoms with Crippen molar-refractivity contribution < 1.29 is 0 Å². The number of benzene rings is 5. The maximum Gasteiger partial charge on any atom is 0.0775 e. The summed E-state index contributed by atoms with van der Waals surface area (Å²) in [6.45, 7) is 8.68. The first kappa shape index (κ1) is 31.3. The lowest BCUT2D eigenvalue weighted by Gasteiger charge is -2.24. The van der Waals surface area contributed by atoms with Crippen LogP contribution in [0, 0.1) is 0 Å². The minimum Gasteiger partial charge on any atom is -0.333 e. The maximum atomic E-state index is 5.47. The Hall–Kier alpha value is -5.67. The molecule has 0 saturated heterocycles. The Bertz CT molecular complexity index is 2650. The van der Waals surface area contributed by atoms with E-state index >= 15 is 0 Å². The zero-order chi connectivity index (χ0) is 34.7. The fraction of sp³-hybridized carbons (Fsp3) is 0.188. The number of hydrogen-bond acceptors (Lipinski definition) is 1. The summed E-state index contributed by atoms with van der Waals surface area (Å²) in [5.74, 6) is 0. The van der Waals surface area contributed by atoms with E-state index in [1.807, 2.05) is 13.8 Å². The van der Waals surface area contributed by atoms with E-state index in [-0.39, 0.29) is 11.5 Å². The van der Waals surface area contributed by atoms with Crippen molar-refractivity contribution in [2.75, 3.05) is 0 Å². The van der Waals surface area contributed by atoms with Crippen LogP contribution in [0.3, 0.4) is 0 Å². The van der Waals surface area contributed by atoms with Gasteiger partial charge in [0, 0.05) is 43.7 Å². The first-order valence-electron chi connectivity index (χ1n) is 18.6. The standard InChI is InChI=1S/C46H37N3.C2H6/c1-46(2)38-25-27-42-43(44(38)47-45(46)31-16-7-4-8-17-31)36-21-10-12-23-40(36)49(42)34-24-26-41-37(29-34)35-20-9-11-22-39(35)48(41)33-19-13-18-32(28-33)30-14-5-3-6-15-30;1-2/h3-7,9-16,18-27,29,33H,8,17,28H2,1-2H3;1-2H3. The highest BCUT2D eigenvalue weighted by atomic mass is 15.0. The summed E-state index contributed by atoms with van der Waals surface area (Å²) in [4.78, 5) is 5.47. The SMILES string of the molecule is CC.CC1(C)C(C2=CC=CCC2)=Nc2c1ccc1c2c2ccccc2n1-c1ccc2c(c1)c1ccccc1n2C1C=CC=C(c2ccccc2)C1. The Labute approximate surface area is 300 Å². The van der Waals surface area contributed by atoms with Gasteiger partial charge in [0.15, 0.2) is 0 Å². The Kier molecular flexibility index (Phi) is 7.54. The van der Waals surface area contributed by atoms with Crippen molar-refractivity contribution in [3.8, 4) is 5.69 Å². The first-order valence-corrected chi connectivity index (χ1v) is 18.6. The third kappa shape index (κ3) is 4.82. The molecule has 3 aliphatic rings. The summed E-state index contributed by atoms with van der Waals surface area (Å²) >= 11 is 0. The van der Waals surface area contributed by atoms with Crippen molar-refractivity contribution in [2.45, 2.75) is 58.4 Å². The van der Waals surface area contributed by atoms with Gasteiger partial charge in [-0.15, -0.1) is 0 Å². The summed E-state index contributed by atoms with van der Waals surface area (Å²) in [5, 5.41) is 5.07. The molecule has 3 heterocycles. The lowest BCUT2D eigenvalue weighted by molar-refractivity contribution is 0.656. The van der Waals surface area contributed by atoms with Gasteiger partial charge >= 0.3 is 0 Å². The number of aliphatic imine (C=N–C) groups is 1. The fourth-order valence-corrected chi connectivity index (χ4v) is 8.79. The van der Waals surface area contributed by atoms with E-state index in [0.29, 0.717) is 0 Å². The summed E-state index contributed by atoms with van der Waals surface area (Å²) in [7, 11) is 0. The molecule has 3 nitrogen and oxygen atoms in total. The van der Waals surface area contributed by atoms with E-state index in [9.17, 15) is 0 Å². The average Bonchev–Trinajstić information content (AvgIpc) is 3.80. The van der Waals surface area contributed by atoms with Crippen molar-refractivity contribution in [3.05, 3.63) is 162 Å². The molecular weight excluding hydrogens is 619 g/mol. The van der Waals surface area contributed by atoms with Gasteiger partial charge in [-0.2, -0.15) is 0 Å². The molecule has 2 aliphatic carbocycles. The molecule has 0 spiro atoms. The number of hydrogen-bond donors (Lipinski definition) is 0. The van der Waals surface area contributed by atoms with Crippen molar-refractivity contribution >= 4 is 60.6 Å². The zero-order valence-corrected chi connectivity index (χ0v) is 29.9. The Morgan fingerprint density at radius 2 is 1.37 bits per heavy atom. The number of nitrogens with zero attached hydrogens (tertiary/aromatic N) is 3. The molecule has 0 saturated carbocycles. The first-order chi connectivity index (χ1) is 25.1. The van der Waals surface area contributed by atoms with Crippen LogP contribution in [-0.4, -0.2) is 14.8 Å². The number of allylic oxidation sites excluding steroid dienone is 8. The minimum atomic E-state index is -0.145. The molecular formula is C48H43N3. The monoisotopic (exact) mass is 661 g/mol. The van der Waals surface area contributed by atoms with E-state index in [1.54, 1.807) is 0 Å². The largest absolute Gasteiger partial charge is 0.333 e. The molecule has 1 unspecified atom stereocenters. The molecule has 10 rings (SSSR count). The van der Waals surface area contributed by atoms with Gasteiger partial charge in [-0.1, -0.05) is 137 Å². The second-order valence-electron chi connectivity index (χ2n) is 14.3. The van der Waals surface area contributed by atoms with Gasteiger partial charge in [0.1, 0.15) is 0 Å². The van der Waals surface area contributed by atoms with E-state index in [0.717, 1.165) is 24.9 Å². The fourth-order valence-electron chi connectivity index (χ4n) is 8.79. The number of rotatable bonds is 4. The number of fused-ring (bicyclic) bond motifs is 8. The van der Waals surface area contributed by atoms with Gasteiger partial charge in [0.05, 0.1) is 28.5 Å². The molecule has 3 heteroatoms. The molecule has 0 bridgehead atoms. The molecule has 1 aliphatic heterocycles. The average molecular weight is 662 g/mol. The zero-order valence-electron chi connectivity index (χ0n) is 29.9.